The van der Waals surface area contributed by atoms with Gasteiger partial charge in [-0.3, -0.25) is 0 Å². The number of nitrogens with one attached hydrogen (secondary N) is 1. The molecule has 0 radical (unpaired) electrons. The standard InChI is InChI=1S/C15H24N2O/c1-3-16-12(2)14-10-7-11-17-15(14)18-13-8-5-4-6-9-13/h7,10-13,16H,3-6,8-9H2,1-2H3. The van der Waals surface area contributed by atoms with E-state index in [1.54, 1.807) is 0 Å². The van der Waals surface area contributed by atoms with Gasteiger partial charge < -0.3 is 10.1 Å². The lowest BCUT2D eigenvalue weighted by Gasteiger charge is -2.24. The van der Waals surface area contributed by atoms with Crippen LogP contribution in [0.15, 0.2) is 18.3 Å². The Balaban J connectivity index is 2.06. The average molecular weight is 248 g/mol. The highest BCUT2D eigenvalue weighted by Gasteiger charge is 2.18. The van der Waals surface area contributed by atoms with E-state index in [1.807, 2.05) is 12.3 Å². The fraction of sp³-hybridized carbons (Fsp3) is 0.667. The third kappa shape index (κ3) is 3.45. The molecule has 0 bridgehead atoms. The summed E-state index contributed by atoms with van der Waals surface area (Å²) < 4.78 is 6.10. The minimum atomic E-state index is 0.294. The van der Waals surface area contributed by atoms with Crippen LogP contribution in [-0.2, 0) is 0 Å². The van der Waals surface area contributed by atoms with Crippen LogP contribution in [0.5, 0.6) is 5.88 Å². The predicted octanol–water partition coefficient (Wildman–Crippen LogP) is 3.46. The summed E-state index contributed by atoms with van der Waals surface area (Å²) in [6, 6.07) is 4.39. The first-order valence-electron chi connectivity index (χ1n) is 7.16. The largest absolute Gasteiger partial charge is 0.474 e. The van der Waals surface area contributed by atoms with Crippen LogP contribution in [0.1, 0.15) is 57.6 Å². The maximum atomic E-state index is 6.10. The first-order chi connectivity index (χ1) is 8.81. The van der Waals surface area contributed by atoms with Gasteiger partial charge in [-0.05, 0) is 45.2 Å². The van der Waals surface area contributed by atoms with Gasteiger partial charge in [-0.1, -0.05) is 19.4 Å². The van der Waals surface area contributed by atoms with E-state index in [4.69, 9.17) is 4.74 Å². The maximum absolute atomic E-state index is 6.10. The van der Waals surface area contributed by atoms with Crippen LogP contribution in [0, 0.1) is 0 Å². The normalized spacial score (nSPS) is 18.6. The summed E-state index contributed by atoms with van der Waals surface area (Å²) in [7, 11) is 0. The number of hydrogen-bond acceptors (Lipinski definition) is 3. The Morgan fingerprint density at radius 2 is 2.17 bits per heavy atom. The molecule has 0 aliphatic heterocycles. The molecule has 1 aliphatic carbocycles. The van der Waals surface area contributed by atoms with E-state index in [0.29, 0.717) is 12.1 Å². The topological polar surface area (TPSA) is 34.2 Å². The molecule has 0 spiro atoms. The molecule has 1 aliphatic rings. The Morgan fingerprint density at radius 1 is 1.39 bits per heavy atom. The molecule has 0 aromatic carbocycles. The zero-order chi connectivity index (χ0) is 12.8. The molecule has 1 N–H and O–H groups in total. The van der Waals surface area contributed by atoms with E-state index in [1.165, 1.54) is 37.7 Å². The second-order valence-corrected chi connectivity index (χ2v) is 5.06. The molecular formula is C15H24N2O. The Labute approximate surface area is 110 Å². The lowest BCUT2D eigenvalue weighted by Crippen LogP contribution is -2.23. The van der Waals surface area contributed by atoms with Gasteiger partial charge in [-0.15, -0.1) is 0 Å². The number of ether oxygens (including phenoxy) is 1. The summed E-state index contributed by atoms with van der Waals surface area (Å²) in [6.45, 7) is 5.24. The molecule has 1 aromatic rings. The summed E-state index contributed by atoms with van der Waals surface area (Å²) in [5.41, 5.74) is 1.17. The number of nitrogens with zero attached hydrogens (tertiary/aromatic N) is 1. The lowest BCUT2D eigenvalue weighted by atomic mass is 9.98. The van der Waals surface area contributed by atoms with Crippen LogP contribution in [0.25, 0.3) is 0 Å². The van der Waals surface area contributed by atoms with E-state index in [9.17, 15) is 0 Å². The van der Waals surface area contributed by atoms with E-state index < -0.39 is 0 Å². The minimum absolute atomic E-state index is 0.294. The van der Waals surface area contributed by atoms with Crippen molar-refractivity contribution in [3.63, 3.8) is 0 Å². The van der Waals surface area contributed by atoms with Crippen molar-refractivity contribution in [2.24, 2.45) is 0 Å². The van der Waals surface area contributed by atoms with Crippen LogP contribution in [0.4, 0.5) is 0 Å². The molecular weight excluding hydrogens is 224 g/mol. The van der Waals surface area contributed by atoms with Gasteiger partial charge in [0.25, 0.3) is 0 Å². The molecule has 3 heteroatoms. The molecule has 1 unspecified atom stereocenters. The van der Waals surface area contributed by atoms with Gasteiger partial charge in [0, 0.05) is 17.8 Å². The molecule has 3 nitrogen and oxygen atoms in total. The van der Waals surface area contributed by atoms with E-state index in [0.717, 1.165) is 12.4 Å². The zero-order valence-electron chi connectivity index (χ0n) is 11.5. The van der Waals surface area contributed by atoms with Crippen molar-refractivity contribution >= 4 is 0 Å². The summed E-state index contributed by atoms with van der Waals surface area (Å²) in [5, 5.41) is 3.42. The highest BCUT2D eigenvalue weighted by Crippen LogP contribution is 2.27. The first kappa shape index (κ1) is 13.3. The molecule has 1 fully saturated rings. The smallest absolute Gasteiger partial charge is 0.218 e. The number of rotatable bonds is 5. The van der Waals surface area contributed by atoms with Gasteiger partial charge >= 0.3 is 0 Å². The second-order valence-electron chi connectivity index (χ2n) is 5.06. The molecule has 0 saturated heterocycles. The van der Waals surface area contributed by atoms with Gasteiger partial charge in [0.05, 0.1) is 0 Å². The Bertz CT molecular complexity index is 361. The van der Waals surface area contributed by atoms with E-state index in [2.05, 4.69) is 30.2 Å². The summed E-state index contributed by atoms with van der Waals surface area (Å²) in [5.74, 6) is 0.817. The van der Waals surface area contributed by atoms with Crippen molar-refractivity contribution in [2.45, 2.75) is 58.1 Å². The summed E-state index contributed by atoms with van der Waals surface area (Å²) in [6.07, 6.45) is 8.45. The first-order valence-corrected chi connectivity index (χ1v) is 7.16. The van der Waals surface area contributed by atoms with Crippen LogP contribution >= 0.6 is 0 Å². The summed E-state index contributed by atoms with van der Waals surface area (Å²) >= 11 is 0. The third-order valence-corrected chi connectivity index (χ3v) is 3.61. The molecule has 0 amide bonds. The van der Waals surface area contributed by atoms with E-state index in [-0.39, 0.29) is 0 Å². The molecule has 1 aromatic heterocycles. The SMILES string of the molecule is CCNC(C)c1cccnc1OC1CCCCC1. The van der Waals surface area contributed by atoms with Crippen molar-refractivity contribution in [3.05, 3.63) is 23.9 Å². The number of hydrogen-bond donors (Lipinski definition) is 1. The quantitative estimate of drug-likeness (QED) is 0.866. The fourth-order valence-corrected chi connectivity index (χ4v) is 2.59. The second kappa shape index (κ2) is 6.74. The fourth-order valence-electron chi connectivity index (χ4n) is 2.59. The van der Waals surface area contributed by atoms with Crippen molar-refractivity contribution in [3.8, 4) is 5.88 Å². The maximum Gasteiger partial charge on any atom is 0.218 e. The Kier molecular flexibility index (Phi) is 5.00. The molecule has 2 rings (SSSR count). The summed E-state index contributed by atoms with van der Waals surface area (Å²) in [4.78, 5) is 4.41. The predicted molar refractivity (Wildman–Crippen MR) is 73.8 cm³/mol. The molecule has 1 saturated carbocycles. The van der Waals surface area contributed by atoms with Crippen LogP contribution in [0.2, 0.25) is 0 Å². The zero-order valence-corrected chi connectivity index (χ0v) is 11.5. The number of pyridine rings is 1. The molecule has 1 atom stereocenters. The molecule has 100 valence electrons. The van der Waals surface area contributed by atoms with Crippen molar-refractivity contribution in [2.75, 3.05) is 6.54 Å². The average Bonchev–Trinajstić information content (AvgIpc) is 2.41. The van der Waals surface area contributed by atoms with Crippen molar-refractivity contribution in [1.82, 2.24) is 10.3 Å². The van der Waals surface area contributed by atoms with Gasteiger partial charge in [-0.25, -0.2) is 4.98 Å². The van der Waals surface area contributed by atoms with E-state index >= 15 is 0 Å². The highest BCUT2D eigenvalue weighted by molar-refractivity contribution is 5.28. The van der Waals surface area contributed by atoms with Gasteiger partial charge in [0.2, 0.25) is 5.88 Å². The monoisotopic (exact) mass is 248 g/mol. The van der Waals surface area contributed by atoms with Crippen LogP contribution in [-0.4, -0.2) is 17.6 Å². The van der Waals surface area contributed by atoms with Crippen LogP contribution in [0.3, 0.4) is 0 Å². The van der Waals surface area contributed by atoms with Crippen molar-refractivity contribution in [1.29, 1.82) is 0 Å². The van der Waals surface area contributed by atoms with Gasteiger partial charge in [0.15, 0.2) is 0 Å². The van der Waals surface area contributed by atoms with Crippen LogP contribution < -0.4 is 10.1 Å². The Hall–Kier alpha value is -1.09. The lowest BCUT2D eigenvalue weighted by molar-refractivity contribution is 0.146. The Morgan fingerprint density at radius 3 is 2.89 bits per heavy atom. The minimum Gasteiger partial charge on any atom is -0.474 e. The van der Waals surface area contributed by atoms with Gasteiger partial charge in [0.1, 0.15) is 6.10 Å². The number of aromatic nitrogens is 1. The molecule has 18 heavy (non-hydrogen) atoms. The third-order valence-electron chi connectivity index (χ3n) is 3.61. The van der Waals surface area contributed by atoms with Gasteiger partial charge in [-0.2, -0.15) is 0 Å². The van der Waals surface area contributed by atoms with Crippen molar-refractivity contribution < 1.29 is 4.74 Å². The molecule has 1 heterocycles. The highest BCUT2D eigenvalue weighted by atomic mass is 16.5.